The summed E-state index contributed by atoms with van der Waals surface area (Å²) in [6.07, 6.45) is 23.5. The van der Waals surface area contributed by atoms with E-state index in [1.54, 1.807) is 6.42 Å². The Morgan fingerprint density at radius 2 is 1.50 bits per heavy atom. The first-order valence-corrected chi connectivity index (χ1v) is 19.7. The topological polar surface area (TPSA) is 12.0 Å². The van der Waals surface area contributed by atoms with Crippen molar-refractivity contribution >= 4 is 0 Å². The van der Waals surface area contributed by atoms with Crippen molar-refractivity contribution in [3.63, 3.8) is 0 Å². The molecule has 0 aromatic heterocycles. The van der Waals surface area contributed by atoms with Crippen molar-refractivity contribution in [2.75, 3.05) is 0 Å². The number of nitrogens with one attached hydrogen (secondary N) is 1. The fraction of sp³-hybridized carbons (Fsp3) is 1.00. The van der Waals surface area contributed by atoms with Gasteiger partial charge in [0.25, 0.3) is 0 Å². The van der Waals surface area contributed by atoms with E-state index in [0.29, 0.717) is 11.5 Å². The summed E-state index contributed by atoms with van der Waals surface area (Å²) in [4.78, 5) is 0. The molecule has 1 heteroatoms. The molecule has 0 aromatic carbocycles. The maximum atomic E-state index is 4.30. The monoisotopic (exact) mass is 584 g/mol. The second-order valence-corrected chi connectivity index (χ2v) is 18.2. The Kier molecular flexibility index (Phi) is 12.9. The Bertz CT molecular complexity index is 780. The van der Waals surface area contributed by atoms with Crippen molar-refractivity contribution in [3.8, 4) is 0 Å². The fourth-order valence-corrected chi connectivity index (χ4v) is 11.7. The lowest BCUT2D eigenvalue weighted by Gasteiger charge is -2.45. The molecule has 4 aliphatic rings. The van der Waals surface area contributed by atoms with E-state index < -0.39 is 0 Å². The average molecular weight is 584 g/mol. The second kappa shape index (κ2) is 15.5. The summed E-state index contributed by atoms with van der Waals surface area (Å²) in [5.74, 6) is 11.3. The second-order valence-electron chi connectivity index (χ2n) is 18.2. The summed E-state index contributed by atoms with van der Waals surface area (Å²) in [6.45, 7) is 25.4. The van der Waals surface area contributed by atoms with Crippen LogP contribution in [0.4, 0.5) is 0 Å². The maximum absolute atomic E-state index is 4.30. The molecule has 3 saturated carbocycles. The van der Waals surface area contributed by atoms with Gasteiger partial charge in [-0.25, -0.2) is 0 Å². The summed E-state index contributed by atoms with van der Waals surface area (Å²) in [6, 6.07) is 1.53. The van der Waals surface area contributed by atoms with Crippen LogP contribution in [0, 0.1) is 76.4 Å². The Morgan fingerprint density at radius 3 is 2.12 bits per heavy atom. The molecule has 4 fully saturated rings. The molecule has 13 unspecified atom stereocenters. The molecule has 4 rings (SSSR count). The Balaban J connectivity index is 1.35. The summed E-state index contributed by atoms with van der Waals surface area (Å²) in [5, 5.41) is 4.30. The van der Waals surface area contributed by atoms with Gasteiger partial charge in [-0.15, -0.1) is 0 Å². The minimum Gasteiger partial charge on any atom is -0.311 e. The van der Waals surface area contributed by atoms with Crippen molar-refractivity contribution in [2.24, 2.45) is 76.4 Å². The van der Waals surface area contributed by atoms with Crippen molar-refractivity contribution < 1.29 is 0 Å². The fourth-order valence-electron chi connectivity index (χ4n) is 11.7. The molecule has 1 nitrogen and oxygen atoms in total. The van der Waals surface area contributed by atoms with E-state index in [-0.39, 0.29) is 0 Å². The van der Waals surface area contributed by atoms with Crippen LogP contribution in [-0.4, -0.2) is 12.1 Å². The molecule has 0 bridgehead atoms. The highest BCUT2D eigenvalue weighted by atomic mass is 15.0. The zero-order chi connectivity index (χ0) is 30.6. The SMILES string of the molecule is CCC(C)C(CC)CCCC(C)(C)C(C)CC(C)CC(C)C1CC(C)NC2C1CC(C1CCC(C)C1)C2C1CCCC1. The quantitative estimate of drug-likeness (QED) is 0.202. The van der Waals surface area contributed by atoms with Crippen LogP contribution in [-0.2, 0) is 0 Å². The molecule has 3 aliphatic carbocycles. The lowest BCUT2D eigenvalue weighted by molar-refractivity contribution is 0.0843. The molecule has 1 heterocycles. The molecule has 0 spiro atoms. The smallest absolute Gasteiger partial charge is 0.0134 e. The van der Waals surface area contributed by atoms with Crippen molar-refractivity contribution in [1.82, 2.24) is 5.32 Å². The van der Waals surface area contributed by atoms with E-state index in [2.05, 4.69) is 74.6 Å². The van der Waals surface area contributed by atoms with Gasteiger partial charge in [-0.05, 0) is 128 Å². The number of hydrogen-bond donors (Lipinski definition) is 1. The van der Waals surface area contributed by atoms with Gasteiger partial charge in [0.05, 0.1) is 0 Å². The van der Waals surface area contributed by atoms with E-state index in [1.807, 2.05) is 0 Å². The molecule has 0 amide bonds. The predicted molar refractivity (Wildman–Crippen MR) is 186 cm³/mol. The summed E-state index contributed by atoms with van der Waals surface area (Å²) in [7, 11) is 0. The van der Waals surface area contributed by atoms with Crippen LogP contribution in [0.5, 0.6) is 0 Å². The number of fused-ring (bicyclic) bond motifs is 1. The summed E-state index contributed by atoms with van der Waals surface area (Å²) >= 11 is 0. The van der Waals surface area contributed by atoms with Crippen LogP contribution in [0.3, 0.4) is 0 Å². The highest BCUT2D eigenvalue weighted by molar-refractivity contribution is 5.07. The van der Waals surface area contributed by atoms with E-state index in [9.17, 15) is 0 Å². The van der Waals surface area contributed by atoms with Gasteiger partial charge in [-0.3, -0.25) is 0 Å². The van der Waals surface area contributed by atoms with Gasteiger partial charge in [-0.2, -0.15) is 0 Å². The van der Waals surface area contributed by atoms with Crippen LogP contribution in [0.2, 0.25) is 0 Å². The number of hydrogen-bond acceptors (Lipinski definition) is 1. The Hall–Kier alpha value is -0.0400. The molecule has 1 aliphatic heterocycles. The van der Waals surface area contributed by atoms with Crippen LogP contribution >= 0.6 is 0 Å². The van der Waals surface area contributed by atoms with Crippen molar-refractivity contribution in [2.45, 2.75) is 184 Å². The summed E-state index contributed by atoms with van der Waals surface area (Å²) < 4.78 is 0. The standard InChI is InChI=1S/C41H77N/c1-11-29(5)33(12-2)18-15-21-41(9,10)31(7)23-28(4)22-30(6)36-25-32(8)42-40-38(36)26-37(35-20-19-27(3)24-35)39(40)34-16-13-14-17-34/h27-40,42H,11-26H2,1-10H3. The van der Waals surface area contributed by atoms with Crippen LogP contribution in [0.15, 0.2) is 0 Å². The third-order valence-corrected chi connectivity index (χ3v) is 14.8. The first-order valence-electron chi connectivity index (χ1n) is 19.7. The van der Waals surface area contributed by atoms with Crippen LogP contribution in [0.1, 0.15) is 172 Å². The lowest BCUT2D eigenvalue weighted by atomic mass is 9.67. The molecule has 0 radical (unpaired) electrons. The van der Waals surface area contributed by atoms with Gasteiger partial charge in [0.1, 0.15) is 0 Å². The van der Waals surface area contributed by atoms with E-state index in [4.69, 9.17) is 0 Å². The lowest BCUT2D eigenvalue weighted by Crippen LogP contribution is -2.53. The van der Waals surface area contributed by atoms with Crippen LogP contribution < -0.4 is 5.32 Å². The first kappa shape index (κ1) is 34.8. The Morgan fingerprint density at radius 1 is 0.786 bits per heavy atom. The maximum Gasteiger partial charge on any atom is 0.0134 e. The van der Waals surface area contributed by atoms with Crippen LogP contribution in [0.25, 0.3) is 0 Å². The molecular weight excluding hydrogens is 506 g/mol. The van der Waals surface area contributed by atoms with Gasteiger partial charge in [0, 0.05) is 12.1 Å². The highest BCUT2D eigenvalue weighted by Gasteiger charge is 2.54. The molecule has 0 aromatic rings. The van der Waals surface area contributed by atoms with Crippen molar-refractivity contribution in [1.29, 1.82) is 0 Å². The zero-order valence-corrected chi connectivity index (χ0v) is 30.4. The van der Waals surface area contributed by atoms with Gasteiger partial charge < -0.3 is 5.32 Å². The molecule has 1 saturated heterocycles. The zero-order valence-electron chi connectivity index (χ0n) is 30.4. The van der Waals surface area contributed by atoms with Gasteiger partial charge in [-0.1, -0.05) is 120 Å². The third kappa shape index (κ3) is 8.40. The molecule has 1 N–H and O–H groups in total. The minimum absolute atomic E-state index is 0.463. The normalized spacial score (nSPS) is 37.9. The largest absolute Gasteiger partial charge is 0.311 e. The molecular formula is C41H77N. The first-order chi connectivity index (χ1) is 19.9. The molecule has 246 valence electrons. The van der Waals surface area contributed by atoms with E-state index in [0.717, 1.165) is 77.1 Å². The summed E-state index contributed by atoms with van der Waals surface area (Å²) in [5.41, 5.74) is 0.463. The average Bonchev–Trinajstić information content (AvgIpc) is 3.69. The van der Waals surface area contributed by atoms with E-state index >= 15 is 0 Å². The van der Waals surface area contributed by atoms with Gasteiger partial charge >= 0.3 is 0 Å². The van der Waals surface area contributed by atoms with Gasteiger partial charge in [0.2, 0.25) is 0 Å². The van der Waals surface area contributed by atoms with Crippen molar-refractivity contribution in [3.05, 3.63) is 0 Å². The highest BCUT2D eigenvalue weighted by Crippen LogP contribution is 2.57. The predicted octanol–water partition coefficient (Wildman–Crippen LogP) is 12.2. The minimum atomic E-state index is 0.463. The van der Waals surface area contributed by atoms with E-state index in [1.165, 1.54) is 96.3 Å². The van der Waals surface area contributed by atoms with Gasteiger partial charge in [0.15, 0.2) is 0 Å². The Labute approximate surface area is 265 Å². The molecule has 42 heavy (non-hydrogen) atoms. The molecule has 13 atom stereocenters. The third-order valence-electron chi connectivity index (χ3n) is 14.8. The number of rotatable bonds is 15. The number of piperidine rings is 1.